The molecule has 0 saturated carbocycles. The summed E-state index contributed by atoms with van der Waals surface area (Å²) >= 11 is 0. The molecule has 13 heavy (non-hydrogen) atoms. The minimum absolute atomic E-state index is 0.395. The second-order valence-corrected chi connectivity index (χ2v) is 15.4. The van der Waals surface area contributed by atoms with Crippen LogP contribution in [0.25, 0.3) is 0 Å². The molecule has 0 aromatic rings. The fourth-order valence-corrected chi connectivity index (χ4v) is 6.77. The summed E-state index contributed by atoms with van der Waals surface area (Å²) < 4.78 is 6.42. The van der Waals surface area contributed by atoms with Crippen molar-refractivity contribution in [2.75, 3.05) is 24.5 Å². The lowest BCUT2D eigenvalue weighted by molar-refractivity contribution is 0.188. The molecule has 0 aliphatic carbocycles. The van der Waals surface area contributed by atoms with Crippen LogP contribution >= 0.6 is 8.58 Å². The van der Waals surface area contributed by atoms with Crippen LogP contribution in [0.3, 0.4) is 0 Å². The summed E-state index contributed by atoms with van der Waals surface area (Å²) in [5.74, 6) is 1.91. The molecule has 2 heteroatoms. The second-order valence-electron chi connectivity index (χ2n) is 6.70. The normalized spacial score (nSPS) is 41.1. The second kappa shape index (κ2) is 2.27. The van der Waals surface area contributed by atoms with Crippen LogP contribution in [0, 0.1) is 5.92 Å². The van der Waals surface area contributed by atoms with Gasteiger partial charge in [-0.25, -0.2) is 8.58 Å². The molecule has 1 fully saturated rings. The van der Waals surface area contributed by atoms with Crippen LogP contribution in [0.4, 0.5) is 0 Å². The third kappa shape index (κ3) is 1.89. The number of hydrogen-bond acceptors (Lipinski definition) is 1. The van der Waals surface area contributed by atoms with Gasteiger partial charge in [0.05, 0.1) is 6.10 Å². The summed E-state index contributed by atoms with van der Waals surface area (Å²) in [6.07, 6.45) is 7.53. The fraction of sp³-hybridized carbons (Fsp3) is 1.00. The van der Waals surface area contributed by atoms with Gasteiger partial charge in [-0.05, 0) is 37.4 Å². The van der Waals surface area contributed by atoms with Crippen molar-refractivity contribution in [1.29, 1.82) is 0 Å². The Balaban J connectivity index is 2.75. The van der Waals surface area contributed by atoms with Crippen molar-refractivity contribution in [2.45, 2.75) is 39.0 Å². The Morgan fingerprint density at radius 3 is 1.77 bits per heavy atom. The SMILES string of the molecule is CC(C)C(C)OS1(C)(C)(C)CC1C. The first kappa shape index (κ1) is 11.4. The van der Waals surface area contributed by atoms with Crippen molar-refractivity contribution in [3.63, 3.8) is 0 Å². The van der Waals surface area contributed by atoms with Crippen LogP contribution in [0.1, 0.15) is 27.7 Å². The molecule has 1 saturated heterocycles. The maximum absolute atomic E-state index is 6.42. The molecular weight excluding hydrogens is 180 g/mol. The van der Waals surface area contributed by atoms with Gasteiger partial charge in [0.2, 0.25) is 0 Å². The smallest absolute Gasteiger partial charge is 0.0677 e. The average Bonchev–Trinajstić information content (AvgIpc) is 2.26. The first-order valence-electron chi connectivity index (χ1n) is 5.20. The van der Waals surface area contributed by atoms with Crippen LogP contribution in [0.15, 0.2) is 0 Å². The van der Waals surface area contributed by atoms with E-state index >= 15 is 0 Å². The van der Waals surface area contributed by atoms with Gasteiger partial charge in [0.1, 0.15) is 0 Å². The molecule has 1 rings (SSSR count). The fourth-order valence-electron chi connectivity index (χ4n) is 1.79. The lowest BCUT2D eigenvalue weighted by Crippen LogP contribution is -2.30. The van der Waals surface area contributed by atoms with Gasteiger partial charge in [-0.15, -0.1) is 0 Å². The zero-order valence-corrected chi connectivity index (χ0v) is 11.1. The van der Waals surface area contributed by atoms with E-state index < -0.39 is 8.58 Å². The first-order chi connectivity index (χ1) is 5.50. The van der Waals surface area contributed by atoms with Crippen LogP contribution < -0.4 is 0 Å². The Morgan fingerprint density at radius 2 is 1.54 bits per heavy atom. The van der Waals surface area contributed by atoms with Crippen molar-refractivity contribution in [3.8, 4) is 0 Å². The molecule has 1 aliphatic rings. The predicted octanol–water partition coefficient (Wildman–Crippen LogP) is 3.13. The summed E-state index contributed by atoms with van der Waals surface area (Å²) in [6, 6.07) is 0. The highest BCUT2D eigenvalue weighted by molar-refractivity contribution is 8.65. The van der Waals surface area contributed by atoms with E-state index in [9.17, 15) is 0 Å². The monoisotopic (exact) mass is 206 g/mol. The van der Waals surface area contributed by atoms with Crippen molar-refractivity contribution in [2.24, 2.45) is 5.92 Å². The number of rotatable bonds is 3. The van der Waals surface area contributed by atoms with Crippen molar-refractivity contribution in [1.82, 2.24) is 0 Å². The third-order valence-electron chi connectivity index (χ3n) is 3.94. The Kier molecular flexibility index (Phi) is 1.99. The summed E-state index contributed by atoms with van der Waals surface area (Å²) in [7, 11) is -2.03. The van der Waals surface area contributed by atoms with Crippen LogP contribution in [0.5, 0.6) is 0 Å². The van der Waals surface area contributed by atoms with E-state index in [4.69, 9.17) is 4.18 Å². The zero-order chi connectivity index (χ0) is 10.6. The summed E-state index contributed by atoms with van der Waals surface area (Å²) in [5.41, 5.74) is 0. The standard InChI is InChI=1S/C11H26OS/c1-9(2)11(4)12-13(5,6,7)8-10(13)3/h9-11H,8H2,1-7H3. The van der Waals surface area contributed by atoms with Crippen molar-refractivity contribution >= 4 is 8.58 Å². The molecule has 1 nitrogen and oxygen atoms in total. The van der Waals surface area contributed by atoms with E-state index in [0.29, 0.717) is 12.0 Å². The highest BCUT2D eigenvalue weighted by Crippen LogP contribution is 2.98. The Morgan fingerprint density at radius 1 is 1.15 bits per heavy atom. The molecular formula is C11H26OS. The molecule has 82 valence electrons. The number of hydrogen-bond donors (Lipinski definition) is 0. The molecule has 1 heterocycles. The Hall–Kier alpha value is 0.310. The highest BCUT2D eigenvalue weighted by Gasteiger charge is 2.68. The largest absolute Gasteiger partial charge is 0.349 e. The van der Waals surface area contributed by atoms with Gasteiger partial charge in [0.25, 0.3) is 0 Å². The highest BCUT2D eigenvalue weighted by atomic mass is 32.4. The first-order valence-corrected chi connectivity index (χ1v) is 9.03. The summed E-state index contributed by atoms with van der Waals surface area (Å²) in [6.45, 7) is 9.01. The Labute approximate surface area is 82.7 Å². The summed E-state index contributed by atoms with van der Waals surface area (Å²) in [4.78, 5) is 0. The molecule has 0 radical (unpaired) electrons. The van der Waals surface area contributed by atoms with Crippen molar-refractivity contribution < 1.29 is 4.18 Å². The van der Waals surface area contributed by atoms with E-state index in [2.05, 4.69) is 46.5 Å². The van der Waals surface area contributed by atoms with E-state index in [1.165, 1.54) is 5.75 Å². The summed E-state index contributed by atoms with van der Waals surface area (Å²) in [5, 5.41) is 0.779. The van der Waals surface area contributed by atoms with E-state index in [1.807, 2.05) is 0 Å². The molecule has 2 atom stereocenters. The van der Waals surface area contributed by atoms with Gasteiger partial charge in [0.15, 0.2) is 0 Å². The quantitative estimate of drug-likeness (QED) is 0.645. The molecule has 0 aromatic carbocycles. The molecule has 0 amide bonds. The van der Waals surface area contributed by atoms with Crippen LogP contribution in [-0.2, 0) is 4.18 Å². The van der Waals surface area contributed by atoms with E-state index in [-0.39, 0.29) is 0 Å². The minimum atomic E-state index is -2.03. The minimum Gasteiger partial charge on any atom is -0.349 e. The van der Waals surface area contributed by atoms with Crippen LogP contribution in [-0.4, -0.2) is 35.9 Å². The molecule has 0 bridgehead atoms. The maximum Gasteiger partial charge on any atom is 0.0677 e. The third-order valence-corrected chi connectivity index (χ3v) is 9.95. The van der Waals surface area contributed by atoms with Gasteiger partial charge in [-0.1, -0.05) is 20.8 Å². The van der Waals surface area contributed by atoms with Crippen molar-refractivity contribution in [3.05, 3.63) is 0 Å². The lowest BCUT2D eigenvalue weighted by atomic mass is 10.1. The molecule has 1 aliphatic heterocycles. The topological polar surface area (TPSA) is 9.23 Å². The van der Waals surface area contributed by atoms with Gasteiger partial charge >= 0.3 is 0 Å². The molecule has 0 spiro atoms. The van der Waals surface area contributed by atoms with Gasteiger partial charge in [0, 0.05) is 5.25 Å². The van der Waals surface area contributed by atoms with E-state index in [0.717, 1.165) is 5.25 Å². The van der Waals surface area contributed by atoms with E-state index in [1.54, 1.807) is 0 Å². The average molecular weight is 206 g/mol. The molecule has 2 unspecified atom stereocenters. The zero-order valence-electron chi connectivity index (χ0n) is 10.3. The Bertz CT molecular complexity index is 233. The molecule has 0 N–H and O–H groups in total. The molecule has 0 aromatic heterocycles. The van der Waals surface area contributed by atoms with Gasteiger partial charge < -0.3 is 4.18 Å². The maximum atomic E-state index is 6.42. The predicted molar refractivity (Wildman–Crippen MR) is 65.1 cm³/mol. The van der Waals surface area contributed by atoms with Gasteiger partial charge in [-0.2, -0.15) is 0 Å². The lowest BCUT2D eigenvalue weighted by Gasteiger charge is -2.58. The van der Waals surface area contributed by atoms with Gasteiger partial charge in [-0.3, -0.25) is 0 Å². The van der Waals surface area contributed by atoms with Crippen LogP contribution in [0.2, 0.25) is 0 Å².